The zero-order valence-corrected chi connectivity index (χ0v) is 12.4. The Hall–Kier alpha value is 0.0800. The van der Waals surface area contributed by atoms with E-state index in [9.17, 15) is 0 Å². The minimum Gasteiger partial charge on any atom is -0.177 e. The normalized spacial score (nSPS) is 61.2. The number of halogens is 1. The standard InChI is InChI=1S/C16H18ClNS/c17-18-19-6-16-5-11(12-7-1-3-9(7)14(12)16)13-8-2-4-10(8)15(13)16/h1,5,8-10,12-15,18H,2-4,6H2. The Balaban J connectivity index is 1.45. The van der Waals surface area contributed by atoms with Crippen LogP contribution in [0.2, 0.25) is 0 Å². The average Bonchev–Trinajstić information content (AvgIpc) is 2.76. The summed E-state index contributed by atoms with van der Waals surface area (Å²) in [6.45, 7) is 0. The minimum absolute atomic E-state index is 0.515. The third-order valence-electron chi connectivity index (χ3n) is 7.68. The second-order valence-electron chi connectivity index (χ2n) is 7.63. The van der Waals surface area contributed by atoms with Crippen LogP contribution in [0.25, 0.3) is 0 Å². The molecule has 100 valence electrons. The molecule has 6 rings (SSSR count). The van der Waals surface area contributed by atoms with Crippen LogP contribution in [0.1, 0.15) is 19.3 Å². The third-order valence-corrected chi connectivity index (χ3v) is 8.76. The van der Waals surface area contributed by atoms with E-state index in [2.05, 4.69) is 16.4 Å². The Kier molecular flexibility index (Phi) is 1.77. The summed E-state index contributed by atoms with van der Waals surface area (Å²) >= 11 is 7.50. The van der Waals surface area contributed by atoms with Crippen LogP contribution < -0.4 is 4.24 Å². The van der Waals surface area contributed by atoms with Crippen molar-refractivity contribution in [2.45, 2.75) is 19.3 Å². The van der Waals surface area contributed by atoms with Gasteiger partial charge in [-0.25, -0.2) is 0 Å². The number of nitrogens with one attached hydrogen (secondary N) is 1. The van der Waals surface area contributed by atoms with Gasteiger partial charge in [0, 0.05) is 17.1 Å². The van der Waals surface area contributed by atoms with E-state index in [1.807, 2.05) is 11.1 Å². The zero-order chi connectivity index (χ0) is 12.4. The first-order chi connectivity index (χ1) is 9.37. The number of fused-ring (bicyclic) bond motifs is 13. The van der Waals surface area contributed by atoms with Crippen LogP contribution in [-0.2, 0) is 0 Å². The fourth-order valence-corrected chi connectivity index (χ4v) is 7.97. The van der Waals surface area contributed by atoms with Gasteiger partial charge < -0.3 is 0 Å². The first kappa shape index (κ1) is 10.8. The summed E-state index contributed by atoms with van der Waals surface area (Å²) in [7, 11) is 0. The van der Waals surface area contributed by atoms with Crippen LogP contribution in [0.4, 0.5) is 0 Å². The van der Waals surface area contributed by atoms with Crippen molar-refractivity contribution >= 4 is 23.7 Å². The molecule has 8 atom stereocenters. The highest BCUT2D eigenvalue weighted by Gasteiger charge is 2.77. The lowest BCUT2D eigenvalue weighted by Gasteiger charge is -2.72. The molecular weight excluding hydrogens is 274 g/mol. The molecule has 2 bridgehead atoms. The molecule has 6 aliphatic rings. The van der Waals surface area contributed by atoms with Gasteiger partial charge in [-0.15, -0.1) is 0 Å². The summed E-state index contributed by atoms with van der Waals surface area (Å²) in [5.41, 5.74) is 4.22. The van der Waals surface area contributed by atoms with E-state index in [1.54, 1.807) is 11.9 Å². The summed E-state index contributed by atoms with van der Waals surface area (Å²) in [4.78, 5) is 0. The highest BCUT2D eigenvalue weighted by Crippen LogP contribution is 2.83. The maximum Gasteiger partial charge on any atom is 0.0188 e. The Morgan fingerprint density at radius 2 is 2.16 bits per heavy atom. The molecule has 3 saturated carbocycles. The van der Waals surface area contributed by atoms with Gasteiger partial charge in [-0.05, 0) is 66.5 Å². The number of hydrogen-bond acceptors (Lipinski definition) is 2. The molecule has 0 saturated heterocycles. The molecule has 0 radical (unpaired) electrons. The van der Waals surface area contributed by atoms with Crippen LogP contribution in [0.3, 0.4) is 0 Å². The van der Waals surface area contributed by atoms with Crippen molar-refractivity contribution in [1.82, 2.24) is 4.24 Å². The van der Waals surface area contributed by atoms with Crippen LogP contribution in [0.15, 0.2) is 23.3 Å². The predicted molar refractivity (Wildman–Crippen MR) is 78.3 cm³/mol. The van der Waals surface area contributed by atoms with Crippen molar-refractivity contribution < 1.29 is 0 Å². The van der Waals surface area contributed by atoms with Crippen LogP contribution >= 0.6 is 23.7 Å². The summed E-state index contributed by atoms with van der Waals surface area (Å²) < 4.78 is 2.82. The molecule has 0 aromatic rings. The van der Waals surface area contributed by atoms with Crippen molar-refractivity contribution in [3.8, 4) is 0 Å². The van der Waals surface area contributed by atoms with Crippen LogP contribution in [-0.4, -0.2) is 5.75 Å². The first-order valence-electron chi connectivity index (χ1n) is 7.77. The molecule has 0 amide bonds. The zero-order valence-electron chi connectivity index (χ0n) is 10.8. The summed E-state index contributed by atoms with van der Waals surface area (Å²) in [6, 6.07) is 0. The van der Waals surface area contributed by atoms with E-state index < -0.39 is 0 Å². The van der Waals surface area contributed by atoms with Crippen molar-refractivity contribution in [3.63, 3.8) is 0 Å². The lowest BCUT2D eigenvalue weighted by atomic mass is 9.33. The first-order valence-corrected chi connectivity index (χ1v) is 9.13. The molecule has 0 aromatic carbocycles. The predicted octanol–water partition coefficient (Wildman–Crippen LogP) is 3.78. The van der Waals surface area contributed by atoms with Crippen molar-refractivity contribution in [3.05, 3.63) is 23.3 Å². The van der Waals surface area contributed by atoms with Crippen LogP contribution in [0, 0.1) is 46.8 Å². The maximum atomic E-state index is 5.76. The monoisotopic (exact) mass is 291 g/mol. The van der Waals surface area contributed by atoms with E-state index in [4.69, 9.17) is 11.8 Å². The summed E-state index contributed by atoms with van der Waals surface area (Å²) in [5.74, 6) is 8.14. The summed E-state index contributed by atoms with van der Waals surface area (Å²) in [6.07, 6.45) is 9.68. The molecule has 1 nitrogen and oxygen atoms in total. The molecule has 8 unspecified atom stereocenters. The lowest BCUT2D eigenvalue weighted by Crippen LogP contribution is -2.67. The Morgan fingerprint density at radius 1 is 1.26 bits per heavy atom. The third kappa shape index (κ3) is 0.900. The molecule has 19 heavy (non-hydrogen) atoms. The Labute approximate surface area is 123 Å². The Bertz CT molecular complexity index is 555. The molecule has 0 heterocycles. The smallest absolute Gasteiger partial charge is 0.0188 e. The molecule has 3 heteroatoms. The molecule has 3 fully saturated rings. The van der Waals surface area contributed by atoms with Gasteiger partial charge >= 0.3 is 0 Å². The molecule has 6 aliphatic carbocycles. The van der Waals surface area contributed by atoms with Gasteiger partial charge in [0.05, 0.1) is 0 Å². The molecule has 1 N–H and O–H groups in total. The van der Waals surface area contributed by atoms with Crippen LogP contribution in [0.5, 0.6) is 0 Å². The minimum atomic E-state index is 0.515. The van der Waals surface area contributed by atoms with Gasteiger partial charge in [-0.1, -0.05) is 35.2 Å². The van der Waals surface area contributed by atoms with Gasteiger partial charge in [0.15, 0.2) is 0 Å². The molecular formula is C16H18ClNS. The number of rotatable bonds is 3. The van der Waals surface area contributed by atoms with E-state index in [-0.39, 0.29) is 0 Å². The van der Waals surface area contributed by atoms with Gasteiger partial charge in [0.1, 0.15) is 0 Å². The van der Waals surface area contributed by atoms with E-state index in [0.29, 0.717) is 5.41 Å². The lowest BCUT2D eigenvalue weighted by molar-refractivity contribution is -0.172. The van der Waals surface area contributed by atoms with Gasteiger partial charge in [0.2, 0.25) is 0 Å². The molecule has 0 spiro atoms. The second kappa shape index (κ2) is 3.13. The van der Waals surface area contributed by atoms with Gasteiger partial charge in [-0.3, -0.25) is 0 Å². The SMILES string of the molecule is ClNSCC12C=C(C3C4=CCC4C31)C1C3CCC3C12. The van der Waals surface area contributed by atoms with Gasteiger partial charge in [0.25, 0.3) is 0 Å². The number of hydrogen-bond donors (Lipinski definition) is 1. The number of allylic oxidation sites excluding steroid dienone is 4. The van der Waals surface area contributed by atoms with Crippen molar-refractivity contribution in [1.29, 1.82) is 0 Å². The second-order valence-corrected chi connectivity index (χ2v) is 8.82. The van der Waals surface area contributed by atoms with Gasteiger partial charge in [-0.2, -0.15) is 4.24 Å². The fourth-order valence-electron chi connectivity index (χ4n) is 7.03. The van der Waals surface area contributed by atoms with E-state index in [0.717, 1.165) is 41.4 Å². The quantitative estimate of drug-likeness (QED) is 0.367. The topological polar surface area (TPSA) is 12.0 Å². The fraction of sp³-hybridized carbons (Fsp3) is 0.750. The van der Waals surface area contributed by atoms with E-state index in [1.165, 1.54) is 25.0 Å². The Morgan fingerprint density at radius 3 is 2.84 bits per heavy atom. The summed E-state index contributed by atoms with van der Waals surface area (Å²) in [5, 5.41) is 0. The van der Waals surface area contributed by atoms with Crippen molar-refractivity contribution in [2.24, 2.45) is 46.8 Å². The van der Waals surface area contributed by atoms with Crippen molar-refractivity contribution in [2.75, 3.05) is 5.75 Å². The largest absolute Gasteiger partial charge is 0.177 e. The molecule has 0 aliphatic heterocycles. The highest BCUT2D eigenvalue weighted by molar-refractivity contribution is 7.98. The molecule has 0 aromatic heterocycles. The average molecular weight is 292 g/mol. The maximum absolute atomic E-state index is 5.76. The highest BCUT2D eigenvalue weighted by atomic mass is 35.5. The van der Waals surface area contributed by atoms with E-state index >= 15 is 0 Å².